The molecule has 0 bridgehead atoms. The van der Waals surface area contributed by atoms with Gasteiger partial charge in [-0.3, -0.25) is 4.79 Å². The number of anilines is 1. The molecular weight excluding hydrogens is 313 g/mol. The molecule has 122 valence electrons. The number of nitrogens with one attached hydrogen (secondary N) is 1. The highest BCUT2D eigenvalue weighted by atomic mass is 32.2. The minimum Gasteiger partial charge on any atom is -0.492 e. The van der Waals surface area contributed by atoms with Gasteiger partial charge in [-0.05, 0) is 43.2 Å². The molecule has 0 saturated carbocycles. The second kappa shape index (κ2) is 8.58. The number of benzene rings is 2. The Kier molecular flexibility index (Phi) is 6.47. The molecule has 1 N–H and O–H groups in total. The van der Waals surface area contributed by atoms with Gasteiger partial charge < -0.3 is 10.1 Å². The van der Waals surface area contributed by atoms with E-state index in [2.05, 4.69) is 5.32 Å². The van der Waals surface area contributed by atoms with Crippen molar-refractivity contribution in [3.8, 4) is 5.75 Å². The molecule has 0 aliphatic carbocycles. The molecule has 2 aromatic carbocycles. The van der Waals surface area contributed by atoms with Gasteiger partial charge in [0.05, 0.1) is 12.4 Å². The number of rotatable bonds is 7. The van der Waals surface area contributed by atoms with E-state index in [0.717, 1.165) is 16.9 Å². The van der Waals surface area contributed by atoms with Crippen LogP contribution in [0, 0.1) is 19.7 Å². The molecule has 0 unspecified atom stereocenters. The second-order valence-electron chi connectivity index (χ2n) is 5.17. The Morgan fingerprint density at radius 3 is 2.74 bits per heavy atom. The minimum absolute atomic E-state index is 0.139. The predicted octanol–water partition coefficient (Wildman–Crippen LogP) is 4.19. The van der Waals surface area contributed by atoms with Crippen LogP contribution >= 0.6 is 11.8 Å². The molecule has 1 amide bonds. The highest BCUT2D eigenvalue weighted by Gasteiger charge is 2.06. The summed E-state index contributed by atoms with van der Waals surface area (Å²) in [6.45, 7) is 4.37. The van der Waals surface area contributed by atoms with Crippen LogP contribution in [0.1, 0.15) is 11.1 Å². The fourth-order valence-corrected chi connectivity index (χ4v) is 2.61. The van der Waals surface area contributed by atoms with Crippen molar-refractivity contribution >= 4 is 23.4 Å². The van der Waals surface area contributed by atoms with Crippen molar-refractivity contribution in [3.05, 3.63) is 59.4 Å². The molecule has 0 aromatic heterocycles. The van der Waals surface area contributed by atoms with Crippen molar-refractivity contribution in [2.45, 2.75) is 13.8 Å². The third-order valence-corrected chi connectivity index (χ3v) is 4.21. The second-order valence-corrected chi connectivity index (χ2v) is 6.28. The van der Waals surface area contributed by atoms with Crippen LogP contribution in [0.25, 0.3) is 0 Å². The molecule has 23 heavy (non-hydrogen) atoms. The Bertz CT molecular complexity index is 676. The van der Waals surface area contributed by atoms with Crippen LogP contribution in [0.15, 0.2) is 42.5 Å². The predicted molar refractivity (Wildman–Crippen MR) is 93.8 cm³/mol. The fraction of sp³-hybridized carbons (Fsp3) is 0.278. The van der Waals surface area contributed by atoms with Crippen molar-refractivity contribution in [1.29, 1.82) is 0 Å². The van der Waals surface area contributed by atoms with Gasteiger partial charge in [-0.1, -0.05) is 24.3 Å². The third-order valence-electron chi connectivity index (χ3n) is 3.29. The monoisotopic (exact) mass is 333 g/mol. The summed E-state index contributed by atoms with van der Waals surface area (Å²) in [7, 11) is 0. The molecule has 2 rings (SSSR count). The van der Waals surface area contributed by atoms with Gasteiger partial charge in [0.15, 0.2) is 0 Å². The summed E-state index contributed by atoms with van der Waals surface area (Å²) in [5, 5.41) is 2.73. The first kappa shape index (κ1) is 17.3. The van der Waals surface area contributed by atoms with Crippen LogP contribution in [0.4, 0.5) is 10.1 Å². The van der Waals surface area contributed by atoms with Crippen molar-refractivity contribution < 1.29 is 13.9 Å². The largest absolute Gasteiger partial charge is 0.492 e. The van der Waals surface area contributed by atoms with Crippen LogP contribution in [0.2, 0.25) is 0 Å². The molecule has 0 aliphatic heterocycles. The topological polar surface area (TPSA) is 38.3 Å². The lowest BCUT2D eigenvalue weighted by Gasteiger charge is -2.10. The van der Waals surface area contributed by atoms with Gasteiger partial charge in [-0.15, -0.1) is 11.8 Å². The minimum atomic E-state index is -0.356. The number of halogens is 1. The molecule has 0 saturated heterocycles. The first-order chi connectivity index (χ1) is 11.1. The number of amides is 1. The zero-order valence-electron chi connectivity index (χ0n) is 13.3. The number of aryl methyl sites for hydroxylation is 2. The molecular formula is C18H20FNO2S. The maximum atomic E-state index is 13.2. The summed E-state index contributed by atoms with van der Waals surface area (Å²) in [6, 6.07) is 12.2. The first-order valence-electron chi connectivity index (χ1n) is 7.38. The Morgan fingerprint density at radius 1 is 1.17 bits per heavy atom. The van der Waals surface area contributed by atoms with E-state index in [1.165, 1.54) is 23.9 Å². The van der Waals surface area contributed by atoms with Gasteiger partial charge in [-0.25, -0.2) is 4.39 Å². The zero-order chi connectivity index (χ0) is 16.7. The van der Waals surface area contributed by atoms with E-state index in [9.17, 15) is 9.18 Å². The van der Waals surface area contributed by atoms with Crippen LogP contribution in [-0.2, 0) is 4.79 Å². The number of hydrogen-bond acceptors (Lipinski definition) is 3. The quantitative estimate of drug-likeness (QED) is 0.772. The summed E-state index contributed by atoms with van der Waals surface area (Å²) in [5.41, 5.74) is 2.45. The zero-order valence-corrected chi connectivity index (χ0v) is 14.1. The van der Waals surface area contributed by atoms with Crippen molar-refractivity contribution in [2.75, 3.05) is 23.4 Å². The smallest absolute Gasteiger partial charge is 0.234 e. The Hall–Kier alpha value is -2.01. The van der Waals surface area contributed by atoms with E-state index < -0.39 is 0 Å². The summed E-state index contributed by atoms with van der Waals surface area (Å²) >= 11 is 1.48. The van der Waals surface area contributed by atoms with Crippen LogP contribution in [0.5, 0.6) is 5.75 Å². The van der Waals surface area contributed by atoms with Gasteiger partial charge in [-0.2, -0.15) is 0 Å². The van der Waals surface area contributed by atoms with E-state index in [0.29, 0.717) is 23.8 Å². The number of ether oxygens (including phenoxy) is 1. The van der Waals surface area contributed by atoms with Crippen LogP contribution in [0.3, 0.4) is 0 Å². The maximum absolute atomic E-state index is 13.2. The van der Waals surface area contributed by atoms with Gasteiger partial charge in [0, 0.05) is 11.4 Å². The van der Waals surface area contributed by atoms with Crippen molar-refractivity contribution in [1.82, 2.24) is 0 Å². The SMILES string of the molecule is Cc1ccc(F)cc1NC(=O)CSCCOc1ccccc1C. The van der Waals surface area contributed by atoms with Crippen molar-refractivity contribution in [2.24, 2.45) is 0 Å². The van der Waals surface area contributed by atoms with Gasteiger partial charge in [0.2, 0.25) is 5.91 Å². The van der Waals surface area contributed by atoms with E-state index in [4.69, 9.17) is 4.74 Å². The van der Waals surface area contributed by atoms with Crippen LogP contribution < -0.4 is 10.1 Å². The summed E-state index contributed by atoms with van der Waals surface area (Å²) in [6.07, 6.45) is 0. The normalized spacial score (nSPS) is 10.4. The average Bonchev–Trinajstić information content (AvgIpc) is 2.52. The molecule has 2 aromatic rings. The number of carbonyl (C=O) groups excluding carboxylic acids is 1. The summed E-state index contributed by atoms with van der Waals surface area (Å²) < 4.78 is 18.8. The molecule has 0 atom stereocenters. The Morgan fingerprint density at radius 2 is 1.96 bits per heavy atom. The molecule has 0 aliphatic rings. The van der Waals surface area contributed by atoms with E-state index >= 15 is 0 Å². The van der Waals surface area contributed by atoms with Gasteiger partial charge >= 0.3 is 0 Å². The fourth-order valence-electron chi connectivity index (χ4n) is 2.01. The number of para-hydroxylation sites is 1. The van der Waals surface area contributed by atoms with Crippen molar-refractivity contribution in [3.63, 3.8) is 0 Å². The van der Waals surface area contributed by atoms with Gasteiger partial charge in [0.25, 0.3) is 0 Å². The Balaban J connectivity index is 1.69. The standard InChI is InChI=1S/C18H20FNO2S/c1-13-7-8-15(19)11-16(13)20-18(21)12-23-10-9-22-17-6-4-3-5-14(17)2/h3-8,11H,9-10,12H2,1-2H3,(H,20,21). The molecule has 3 nitrogen and oxygen atoms in total. The maximum Gasteiger partial charge on any atom is 0.234 e. The summed E-state index contributed by atoms with van der Waals surface area (Å²) in [4.78, 5) is 11.9. The third kappa shape index (κ3) is 5.60. The highest BCUT2D eigenvalue weighted by Crippen LogP contribution is 2.18. The molecule has 5 heteroatoms. The lowest BCUT2D eigenvalue weighted by Crippen LogP contribution is -2.16. The van der Waals surface area contributed by atoms with Crippen LogP contribution in [-0.4, -0.2) is 24.0 Å². The Labute approximate surface area is 140 Å². The number of hydrogen-bond donors (Lipinski definition) is 1. The van der Waals surface area contributed by atoms with E-state index in [1.807, 2.05) is 38.1 Å². The molecule has 0 spiro atoms. The van der Waals surface area contributed by atoms with E-state index in [1.54, 1.807) is 6.07 Å². The number of thioether (sulfide) groups is 1. The first-order valence-corrected chi connectivity index (χ1v) is 8.54. The summed E-state index contributed by atoms with van der Waals surface area (Å²) in [5.74, 6) is 1.40. The molecule has 0 heterocycles. The molecule has 0 radical (unpaired) electrons. The van der Waals surface area contributed by atoms with Gasteiger partial charge in [0.1, 0.15) is 11.6 Å². The van der Waals surface area contributed by atoms with E-state index in [-0.39, 0.29) is 11.7 Å². The number of carbonyl (C=O) groups is 1. The lowest BCUT2D eigenvalue weighted by atomic mass is 10.2. The highest BCUT2D eigenvalue weighted by molar-refractivity contribution is 7.99. The average molecular weight is 333 g/mol. The lowest BCUT2D eigenvalue weighted by molar-refractivity contribution is -0.113. The molecule has 0 fully saturated rings.